The quantitative estimate of drug-likeness (QED) is 0.581. The molecule has 7 heteroatoms. The average Bonchev–Trinajstić information content (AvgIpc) is 3.17. The van der Waals surface area contributed by atoms with E-state index >= 15 is 0 Å². The number of nitrogens with zero attached hydrogens (tertiary/aromatic N) is 3. The number of ether oxygens (including phenoxy) is 1. The summed E-state index contributed by atoms with van der Waals surface area (Å²) in [5.74, 6) is -0.0335. The molecule has 1 aromatic rings. The highest BCUT2D eigenvalue weighted by atomic mass is 127. The van der Waals surface area contributed by atoms with Crippen molar-refractivity contribution in [1.29, 1.82) is 0 Å². The van der Waals surface area contributed by atoms with Crippen LogP contribution in [0.15, 0.2) is 12.7 Å². The van der Waals surface area contributed by atoms with Gasteiger partial charge in [0.1, 0.15) is 18.8 Å². The molecule has 1 aliphatic carbocycles. The van der Waals surface area contributed by atoms with E-state index in [0.717, 1.165) is 12.8 Å². The third-order valence-electron chi connectivity index (χ3n) is 5.00. The maximum Gasteiger partial charge on any atom is 0.137 e. The summed E-state index contributed by atoms with van der Waals surface area (Å²) < 4.78 is 27.2. The topological polar surface area (TPSA) is 60.2 Å². The maximum absolute atomic E-state index is 14.8. The van der Waals surface area contributed by atoms with E-state index in [1.54, 1.807) is 11.0 Å². The third-order valence-corrected chi connectivity index (χ3v) is 7.37. The number of aromatic nitrogens is 3. The number of aliphatic hydroxyl groups excluding tert-OH is 1. The summed E-state index contributed by atoms with van der Waals surface area (Å²) in [5, 5.41) is 13.6. The molecule has 1 aliphatic heterocycles. The molecule has 5 nitrogen and oxygen atoms in total. The molecular weight excluding hydrogens is 400 g/mol. The van der Waals surface area contributed by atoms with Crippen molar-refractivity contribution >= 4 is 25.2 Å². The molecule has 3 rings (SSSR count). The molecule has 0 radical (unpaired) electrons. The largest absolute Gasteiger partial charge is 0.396 e. The second-order valence-corrected chi connectivity index (χ2v) is 9.05. The van der Waals surface area contributed by atoms with Gasteiger partial charge >= 0.3 is 0 Å². The van der Waals surface area contributed by atoms with Crippen LogP contribution in [0.1, 0.15) is 25.7 Å². The first-order valence-electron chi connectivity index (χ1n) is 7.75. The van der Waals surface area contributed by atoms with Crippen LogP contribution in [-0.2, 0) is 11.3 Å². The van der Waals surface area contributed by atoms with E-state index in [2.05, 4.69) is 14.6 Å². The molecular formula is C15H23FIN3O2. The fourth-order valence-corrected chi connectivity index (χ4v) is 5.53. The van der Waals surface area contributed by atoms with Crippen molar-refractivity contribution in [2.45, 2.75) is 47.9 Å². The Balaban J connectivity index is 1.81. The molecule has 2 fully saturated rings. The average molecular weight is 423 g/mol. The molecule has 0 spiro atoms. The normalized spacial score (nSPS) is 39.2. The van der Waals surface area contributed by atoms with Crippen LogP contribution in [0.2, 0.25) is 0 Å². The van der Waals surface area contributed by atoms with Crippen molar-refractivity contribution in [1.82, 2.24) is 14.8 Å². The zero-order valence-electron chi connectivity index (χ0n) is 12.6. The summed E-state index contributed by atoms with van der Waals surface area (Å²) in [4.78, 5) is 3.97. The van der Waals surface area contributed by atoms with Gasteiger partial charge in [-0.05, 0) is 25.7 Å². The highest BCUT2D eigenvalue weighted by Crippen LogP contribution is 2.46. The Hall–Kier alpha value is -0.410. The van der Waals surface area contributed by atoms with Crippen LogP contribution >= 0.6 is 20.7 Å². The van der Waals surface area contributed by atoms with Gasteiger partial charge in [-0.2, -0.15) is 5.10 Å². The predicted octanol–water partition coefficient (Wildman–Crippen LogP) is 1.96. The summed E-state index contributed by atoms with van der Waals surface area (Å²) in [6.45, 7) is 1.11. The molecule has 1 aromatic heterocycles. The molecule has 22 heavy (non-hydrogen) atoms. The molecule has 2 aliphatic rings. The Labute approximate surface area is 140 Å². The Morgan fingerprint density at radius 1 is 1.50 bits per heavy atom. The van der Waals surface area contributed by atoms with Gasteiger partial charge in [0.05, 0.1) is 18.8 Å². The van der Waals surface area contributed by atoms with Gasteiger partial charge in [-0.1, -0.05) is 4.51 Å². The zero-order valence-corrected chi connectivity index (χ0v) is 14.7. The molecule has 1 saturated heterocycles. The summed E-state index contributed by atoms with van der Waals surface area (Å²) in [5.41, 5.74) is -0.565. The van der Waals surface area contributed by atoms with Gasteiger partial charge in [0.2, 0.25) is 0 Å². The summed E-state index contributed by atoms with van der Waals surface area (Å²) in [6.07, 6.45) is 5.50. The van der Waals surface area contributed by atoms with Gasteiger partial charge in [0.25, 0.3) is 0 Å². The molecule has 5 unspecified atom stereocenters. The van der Waals surface area contributed by atoms with Crippen LogP contribution in [0.3, 0.4) is 0 Å². The lowest BCUT2D eigenvalue weighted by molar-refractivity contribution is -0.0927. The van der Waals surface area contributed by atoms with Crippen molar-refractivity contribution in [2.24, 2.45) is 11.8 Å². The van der Waals surface area contributed by atoms with Crippen molar-refractivity contribution in [3.05, 3.63) is 12.7 Å². The van der Waals surface area contributed by atoms with Crippen molar-refractivity contribution in [3.8, 4) is 0 Å². The van der Waals surface area contributed by atoms with Gasteiger partial charge in [-0.3, -0.25) is 4.68 Å². The van der Waals surface area contributed by atoms with E-state index in [0.29, 0.717) is 29.9 Å². The second kappa shape index (κ2) is 7.00. The van der Waals surface area contributed by atoms with Crippen molar-refractivity contribution in [2.75, 3.05) is 13.2 Å². The lowest BCUT2D eigenvalue weighted by Crippen LogP contribution is -2.48. The minimum atomic E-state index is -0.846. The van der Waals surface area contributed by atoms with E-state index < -0.39 is 11.8 Å². The number of aliphatic hydroxyl groups is 1. The fourth-order valence-electron chi connectivity index (χ4n) is 3.88. The first kappa shape index (κ1) is 16.4. The maximum atomic E-state index is 14.8. The lowest BCUT2D eigenvalue weighted by atomic mass is 9.73. The minimum Gasteiger partial charge on any atom is -0.396 e. The van der Waals surface area contributed by atoms with Crippen LogP contribution in [0, 0.1) is 11.8 Å². The lowest BCUT2D eigenvalue weighted by Gasteiger charge is -2.42. The highest BCUT2D eigenvalue weighted by molar-refractivity contribution is 14.2. The molecule has 5 atom stereocenters. The van der Waals surface area contributed by atoms with Gasteiger partial charge in [-0.25, -0.2) is 9.37 Å². The van der Waals surface area contributed by atoms with Gasteiger partial charge < -0.3 is 9.84 Å². The molecule has 1 N–H and O–H groups in total. The van der Waals surface area contributed by atoms with Gasteiger partial charge in [0, 0.05) is 22.4 Å². The molecule has 0 aromatic carbocycles. The summed E-state index contributed by atoms with van der Waals surface area (Å²) in [6, 6.07) is 0. The molecule has 0 bridgehead atoms. The summed E-state index contributed by atoms with van der Waals surface area (Å²) >= 11 is -0.142. The Kier molecular flexibility index (Phi) is 5.24. The number of alkyl halides is 2. The van der Waals surface area contributed by atoms with E-state index in [1.165, 1.54) is 6.33 Å². The Morgan fingerprint density at radius 3 is 2.95 bits per heavy atom. The Morgan fingerprint density at radius 2 is 2.36 bits per heavy atom. The smallest absolute Gasteiger partial charge is 0.137 e. The number of rotatable bonds is 5. The molecule has 124 valence electrons. The van der Waals surface area contributed by atoms with E-state index in [-0.39, 0.29) is 39.2 Å². The van der Waals surface area contributed by atoms with Crippen LogP contribution in [0.25, 0.3) is 0 Å². The third kappa shape index (κ3) is 3.26. The van der Waals surface area contributed by atoms with E-state index in [1.807, 2.05) is 0 Å². The Bertz CT molecular complexity index is 501. The zero-order chi connectivity index (χ0) is 15.6. The minimum absolute atomic E-state index is 0.0914. The van der Waals surface area contributed by atoms with Gasteiger partial charge in [-0.15, -0.1) is 20.7 Å². The number of hydrogen-bond donors (Lipinski definition) is 1. The van der Waals surface area contributed by atoms with E-state index in [4.69, 9.17) is 4.74 Å². The summed E-state index contributed by atoms with van der Waals surface area (Å²) in [7, 11) is 0. The molecule has 2 heterocycles. The molecule has 1 saturated carbocycles. The highest BCUT2D eigenvalue weighted by Gasteiger charge is 2.51. The van der Waals surface area contributed by atoms with Crippen molar-refractivity contribution < 1.29 is 14.2 Å². The number of hydrogen-bond acceptors (Lipinski definition) is 4. The van der Waals surface area contributed by atoms with Crippen LogP contribution < -0.4 is 0 Å². The predicted molar refractivity (Wildman–Crippen MR) is 91.1 cm³/mol. The second-order valence-electron chi connectivity index (χ2n) is 6.41. The monoisotopic (exact) mass is 423 g/mol. The first-order valence-corrected chi connectivity index (χ1v) is 10.5. The van der Waals surface area contributed by atoms with Crippen LogP contribution in [-0.4, -0.2) is 53.3 Å². The van der Waals surface area contributed by atoms with Gasteiger partial charge in [0.15, 0.2) is 0 Å². The van der Waals surface area contributed by atoms with E-state index in [9.17, 15) is 9.50 Å². The van der Waals surface area contributed by atoms with Crippen LogP contribution in [0.5, 0.6) is 0 Å². The fraction of sp³-hybridized carbons (Fsp3) is 0.800. The van der Waals surface area contributed by atoms with Crippen molar-refractivity contribution in [3.63, 3.8) is 0 Å². The molecule has 0 amide bonds. The standard InChI is InChI=1S/C15H23FIN3O2/c1-17-12-2-3-13(14(16)4-12)15(5-11(6-21)7-22-15)8-20-10-18-9-19-20/h9-14,21H,1-8H2. The number of halogens is 2. The SMILES string of the molecule is C=IC1CCC(C2(Cn3cncn3)CC(CO)CO2)C(F)C1. The first-order chi connectivity index (χ1) is 10.7. The van der Waals surface area contributed by atoms with Crippen LogP contribution in [0.4, 0.5) is 4.39 Å².